The molecule has 110 valence electrons. The number of benzene rings is 2. The molecule has 0 saturated heterocycles. The van der Waals surface area contributed by atoms with Crippen LogP contribution in [0.5, 0.6) is 0 Å². The Kier molecular flexibility index (Phi) is 4.63. The Labute approximate surface area is 126 Å². The van der Waals surface area contributed by atoms with E-state index >= 15 is 0 Å². The van der Waals surface area contributed by atoms with Crippen molar-refractivity contribution in [1.82, 2.24) is 0 Å². The number of rotatable bonds is 5. The summed E-state index contributed by atoms with van der Waals surface area (Å²) in [5.74, 6) is 0. The second-order valence-corrected chi connectivity index (χ2v) is 6.99. The van der Waals surface area contributed by atoms with Gasteiger partial charge >= 0.3 is 0 Å². The lowest BCUT2D eigenvalue weighted by atomic mass is 10.3. The monoisotopic (exact) mass is 326 g/mol. The quantitative estimate of drug-likeness (QED) is 0.500. The van der Waals surface area contributed by atoms with Crippen LogP contribution in [0.4, 0.5) is 11.4 Å². The van der Waals surface area contributed by atoms with Crippen molar-refractivity contribution in [2.75, 3.05) is 11.6 Å². The number of hydrogen-bond donors (Lipinski definition) is 2. The zero-order valence-electron chi connectivity index (χ0n) is 10.8. The van der Waals surface area contributed by atoms with Gasteiger partial charge in [0.05, 0.1) is 11.2 Å². The van der Waals surface area contributed by atoms with Crippen molar-refractivity contribution in [1.29, 1.82) is 0 Å². The molecule has 0 bridgehead atoms. The third-order valence-corrected chi connectivity index (χ3v) is 4.73. The SMILES string of the molecule is O=[N+]([O-])c1cccc(NCP(=O)(O)c2ccc(Cl)cc2)c1. The molecule has 2 aromatic carbocycles. The molecule has 0 spiro atoms. The lowest BCUT2D eigenvalue weighted by molar-refractivity contribution is -0.384. The van der Waals surface area contributed by atoms with Crippen LogP contribution in [0, 0.1) is 10.1 Å². The van der Waals surface area contributed by atoms with Gasteiger partial charge in [0.2, 0.25) is 7.37 Å². The fourth-order valence-corrected chi connectivity index (χ4v) is 3.01. The van der Waals surface area contributed by atoms with Crippen molar-refractivity contribution >= 4 is 35.6 Å². The molecule has 0 saturated carbocycles. The lowest BCUT2D eigenvalue weighted by Gasteiger charge is -2.13. The van der Waals surface area contributed by atoms with Gasteiger partial charge in [0.15, 0.2) is 0 Å². The van der Waals surface area contributed by atoms with Crippen LogP contribution in [-0.4, -0.2) is 16.1 Å². The minimum absolute atomic E-state index is 0.0840. The number of nitrogens with zero attached hydrogens (tertiary/aromatic N) is 1. The molecular formula is C13H12ClN2O4P. The normalized spacial score (nSPS) is 13.4. The summed E-state index contributed by atoms with van der Waals surface area (Å²) >= 11 is 5.73. The molecule has 6 nitrogen and oxygen atoms in total. The first-order chi connectivity index (χ1) is 9.88. The summed E-state index contributed by atoms with van der Waals surface area (Å²) in [6.45, 7) is 0. The van der Waals surface area contributed by atoms with Crippen LogP contribution in [0.2, 0.25) is 5.02 Å². The van der Waals surface area contributed by atoms with Crippen LogP contribution in [0.3, 0.4) is 0 Å². The molecule has 0 aliphatic carbocycles. The van der Waals surface area contributed by atoms with E-state index in [4.69, 9.17) is 11.6 Å². The molecule has 0 fully saturated rings. The topological polar surface area (TPSA) is 92.5 Å². The highest BCUT2D eigenvalue weighted by molar-refractivity contribution is 7.66. The minimum Gasteiger partial charge on any atom is -0.375 e. The van der Waals surface area contributed by atoms with Crippen LogP contribution in [0.1, 0.15) is 0 Å². The van der Waals surface area contributed by atoms with E-state index in [1.807, 2.05) is 0 Å². The van der Waals surface area contributed by atoms with Crippen LogP contribution < -0.4 is 10.6 Å². The Morgan fingerprint density at radius 1 is 1.24 bits per heavy atom. The van der Waals surface area contributed by atoms with Gasteiger partial charge < -0.3 is 10.2 Å². The number of nitro groups is 1. The van der Waals surface area contributed by atoms with Gasteiger partial charge in [0.1, 0.15) is 0 Å². The predicted octanol–water partition coefficient (Wildman–Crippen LogP) is 3.21. The molecule has 0 amide bonds. The van der Waals surface area contributed by atoms with Gasteiger partial charge in [-0.1, -0.05) is 17.7 Å². The Hall–Kier alpha value is -1.88. The van der Waals surface area contributed by atoms with Crippen molar-refractivity contribution in [3.8, 4) is 0 Å². The molecule has 2 rings (SSSR count). The van der Waals surface area contributed by atoms with Crippen molar-refractivity contribution < 1.29 is 14.4 Å². The highest BCUT2D eigenvalue weighted by Crippen LogP contribution is 2.39. The zero-order valence-corrected chi connectivity index (χ0v) is 12.4. The largest absolute Gasteiger partial charge is 0.375 e. The molecule has 0 aromatic heterocycles. The average Bonchev–Trinajstić information content (AvgIpc) is 2.46. The minimum atomic E-state index is -3.61. The Morgan fingerprint density at radius 3 is 2.52 bits per heavy atom. The van der Waals surface area contributed by atoms with E-state index < -0.39 is 12.3 Å². The fourth-order valence-electron chi connectivity index (χ4n) is 1.69. The Morgan fingerprint density at radius 2 is 1.90 bits per heavy atom. The first kappa shape index (κ1) is 15.5. The maximum Gasteiger partial charge on any atom is 0.271 e. The van der Waals surface area contributed by atoms with Crippen molar-refractivity contribution in [2.24, 2.45) is 0 Å². The van der Waals surface area contributed by atoms with E-state index in [2.05, 4.69) is 5.32 Å². The summed E-state index contributed by atoms with van der Waals surface area (Å²) in [6.07, 6.45) is -0.226. The van der Waals surface area contributed by atoms with E-state index in [0.717, 1.165) is 0 Å². The van der Waals surface area contributed by atoms with Gasteiger partial charge in [-0.2, -0.15) is 0 Å². The number of non-ortho nitro benzene ring substituents is 1. The standard InChI is InChI=1S/C13H12ClN2O4P/c14-10-4-6-13(7-5-10)21(19,20)9-15-11-2-1-3-12(8-11)16(17)18/h1-8,15H,9H2,(H,19,20). The molecule has 8 heteroatoms. The van der Waals surface area contributed by atoms with Gasteiger partial charge in [0.25, 0.3) is 5.69 Å². The van der Waals surface area contributed by atoms with Crippen molar-refractivity contribution in [3.63, 3.8) is 0 Å². The maximum absolute atomic E-state index is 12.2. The van der Waals surface area contributed by atoms with E-state index in [-0.39, 0.29) is 17.3 Å². The van der Waals surface area contributed by atoms with Gasteiger partial charge in [-0.05, 0) is 30.3 Å². The van der Waals surface area contributed by atoms with Gasteiger partial charge in [-0.3, -0.25) is 14.7 Å². The molecule has 0 aliphatic rings. The van der Waals surface area contributed by atoms with Crippen LogP contribution >= 0.6 is 19.0 Å². The molecule has 0 heterocycles. The van der Waals surface area contributed by atoms with Crippen LogP contribution in [-0.2, 0) is 4.57 Å². The summed E-state index contributed by atoms with van der Waals surface area (Å²) in [5, 5.41) is 14.2. The van der Waals surface area contributed by atoms with Crippen molar-refractivity contribution in [3.05, 3.63) is 63.7 Å². The Bertz CT molecular complexity index is 706. The smallest absolute Gasteiger partial charge is 0.271 e. The predicted molar refractivity (Wildman–Crippen MR) is 82.5 cm³/mol. The molecule has 2 aromatic rings. The van der Waals surface area contributed by atoms with Crippen LogP contribution in [0.15, 0.2) is 48.5 Å². The number of nitrogens with one attached hydrogen (secondary N) is 1. The third kappa shape index (κ3) is 4.04. The highest BCUT2D eigenvalue weighted by atomic mass is 35.5. The van der Waals surface area contributed by atoms with E-state index in [0.29, 0.717) is 10.7 Å². The first-order valence-electron chi connectivity index (χ1n) is 5.95. The van der Waals surface area contributed by atoms with E-state index in [1.54, 1.807) is 6.07 Å². The number of anilines is 1. The highest BCUT2D eigenvalue weighted by Gasteiger charge is 2.21. The number of hydrogen-bond acceptors (Lipinski definition) is 4. The number of halogens is 1. The summed E-state index contributed by atoms with van der Waals surface area (Å²) in [5.41, 5.74) is 0.326. The molecule has 21 heavy (non-hydrogen) atoms. The van der Waals surface area contributed by atoms with E-state index in [9.17, 15) is 19.6 Å². The number of nitro benzene ring substituents is 1. The molecular weight excluding hydrogens is 315 g/mol. The van der Waals surface area contributed by atoms with Crippen LogP contribution in [0.25, 0.3) is 0 Å². The molecule has 2 N–H and O–H groups in total. The van der Waals surface area contributed by atoms with Crippen molar-refractivity contribution in [2.45, 2.75) is 0 Å². The van der Waals surface area contributed by atoms with Gasteiger partial charge in [0, 0.05) is 28.1 Å². The molecule has 0 aliphatic heterocycles. The second-order valence-electron chi connectivity index (χ2n) is 4.32. The molecule has 0 radical (unpaired) electrons. The second kappa shape index (κ2) is 6.26. The Balaban J connectivity index is 2.11. The lowest BCUT2D eigenvalue weighted by Crippen LogP contribution is -2.12. The first-order valence-corrected chi connectivity index (χ1v) is 8.17. The van der Waals surface area contributed by atoms with Gasteiger partial charge in [-0.25, -0.2) is 0 Å². The summed E-state index contributed by atoms with van der Waals surface area (Å²) in [7, 11) is -3.61. The fraction of sp³-hybridized carbons (Fsp3) is 0.0769. The van der Waals surface area contributed by atoms with E-state index in [1.165, 1.54) is 42.5 Å². The summed E-state index contributed by atoms with van der Waals surface area (Å²) in [4.78, 5) is 20.2. The maximum atomic E-state index is 12.2. The zero-order chi connectivity index (χ0) is 15.5. The van der Waals surface area contributed by atoms with Gasteiger partial charge in [-0.15, -0.1) is 0 Å². The summed E-state index contributed by atoms with van der Waals surface area (Å²) in [6, 6.07) is 11.8. The average molecular weight is 327 g/mol. The molecule has 1 atom stereocenters. The molecule has 1 unspecified atom stereocenters. The third-order valence-electron chi connectivity index (χ3n) is 2.78. The summed E-state index contributed by atoms with van der Waals surface area (Å²) < 4.78 is 12.2.